The molecule has 4 aromatic rings. The van der Waals surface area contributed by atoms with Gasteiger partial charge in [0.15, 0.2) is 0 Å². The van der Waals surface area contributed by atoms with Crippen LogP contribution in [-0.2, 0) is 6.42 Å². The van der Waals surface area contributed by atoms with Gasteiger partial charge in [-0.25, -0.2) is 0 Å². The Morgan fingerprint density at radius 3 is 2.68 bits per heavy atom. The Morgan fingerprint density at radius 2 is 1.91 bits per heavy atom. The van der Waals surface area contributed by atoms with Gasteiger partial charge in [0.25, 0.3) is 0 Å². The average molecular weight is 290 g/mol. The predicted octanol–water partition coefficient (Wildman–Crippen LogP) is 4.75. The first-order chi connectivity index (χ1) is 10.7. The molecule has 1 N–H and O–H groups in total. The topological polar surface area (TPSA) is 37.9 Å². The lowest BCUT2D eigenvalue weighted by molar-refractivity contribution is 0.415. The zero-order valence-electron chi connectivity index (χ0n) is 13.0. The number of ether oxygens (including phenoxy) is 1. The number of aromatic amines is 1. The highest BCUT2D eigenvalue weighted by atomic mass is 16.5. The lowest BCUT2D eigenvalue weighted by Gasteiger charge is -2.07. The average Bonchev–Trinajstić information content (AvgIpc) is 2.93. The maximum Gasteiger partial charge on any atom is 0.119 e. The Kier molecular flexibility index (Phi) is 2.83. The van der Waals surface area contributed by atoms with Crippen molar-refractivity contribution in [3.8, 4) is 5.75 Å². The van der Waals surface area contributed by atoms with Crippen LogP contribution in [0.1, 0.15) is 18.2 Å². The van der Waals surface area contributed by atoms with Crippen LogP contribution in [0.15, 0.2) is 36.5 Å². The van der Waals surface area contributed by atoms with E-state index in [2.05, 4.69) is 48.1 Å². The smallest absolute Gasteiger partial charge is 0.119 e. The normalized spacial score (nSPS) is 11.6. The lowest BCUT2D eigenvalue weighted by atomic mass is 9.99. The molecule has 0 aliphatic carbocycles. The van der Waals surface area contributed by atoms with Crippen LogP contribution in [0.4, 0.5) is 0 Å². The van der Waals surface area contributed by atoms with Crippen molar-refractivity contribution >= 4 is 32.6 Å². The monoisotopic (exact) mass is 290 g/mol. The summed E-state index contributed by atoms with van der Waals surface area (Å²) in [7, 11) is 1.70. The number of aromatic nitrogens is 2. The van der Waals surface area contributed by atoms with E-state index in [-0.39, 0.29) is 0 Å². The van der Waals surface area contributed by atoms with Crippen LogP contribution in [0.2, 0.25) is 0 Å². The Balaban J connectivity index is 2.21. The summed E-state index contributed by atoms with van der Waals surface area (Å²) in [6, 6.07) is 10.5. The molecule has 0 aliphatic rings. The molecule has 4 rings (SSSR count). The zero-order chi connectivity index (χ0) is 15.3. The number of nitrogens with one attached hydrogen (secondary N) is 1. The molecule has 0 bridgehead atoms. The first-order valence-electron chi connectivity index (χ1n) is 7.59. The van der Waals surface area contributed by atoms with Crippen LogP contribution in [-0.4, -0.2) is 17.1 Å². The van der Waals surface area contributed by atoms with Gasteiger partial charge in [0, 0.05) is 33.6 Å². The molecule has 110 valence electrons. The van der Waals surface area contributed by atoms with Crippen LogP contribution in [0.5, 0.6) is 5.75 Å². The van der Waals surface area contributed by atoms with Crippen LogP contribution >= 0.6 is 0 Å². The van der Waals surface area contributed by atoms with Gasteiger partial charge in [0.05, 0.1) is 12.6 Å². The quantitative estimate of drug-likeness (QED) is 0.578. The van der Waals surface area contributed by atoms with Crippen LogP contribution in [0.25, 0.3) is 32.6 Å². The van der Waals surface area contributed by atoms with Crippen molar-refractivity contribution in [3.05, 3.63) is 47.8 Å². The molecule has 0 fully saturated rings. The fourth-order valence-electron chi connectivity index (χ4n) is 3.33. The van der Waals surface area contributed by atoms with E-state index in [1.54, 1.807) is 7.11 Å². The third kappa shape index (κ3) is 1.72. The molecule has 0 atom stereocenters. The first kappa shape index (κ1) is 13.1. The highest BCUT2D eigenvalue weighted by Gasteiger charge is 2.12. The molecule has 2 aromatic heterocycles. The van der Waals surface area contributed by atoms with Crippen molar-refractivity contribution in [2.24, 2.45) is 0 Å². The first-order valence-corrected chi connectivity index (χ1v) is 7.59. The summed E-state index contributed by atoms with van der Waals surface area (Å²) in [6.45, 7) is 4.33. The summed E-state index contributed by atoms with van der Waals surface area (Å²) in [4.78, 5) is 8.09. The largest absolute Gasteiger partial charge is 0.497 e. The van der Waals surface area contributed by atoms with E-state index in [0.717, 1.165) is 23.4 Å². The van der Waals surface area contributed by atoms with E-state index < -0.39 is 0 Å². The van der Waals surface area contributed by atoms with Gasteiger partial charge in [-0.3, -0.25) is 4.98 Å². The van der Waals surface area contributed by atoms with E-state index >= 15 is 0 Å². The van der Waals surface area contributed by atoms with Gasteiger partial charge < -0.3 is 9.72 Å². The Labute approximate surface area is 128 Å². The Bertz CT molecular complexity index is 1010. The van der Waals surface area contributed by atoms with Crippen molar-refractivity contribution in [1.82, 2.24) is 9.97 Å². The van der Waals surface area contributed by atoms with Gasteiger partial charge in [-0.1, -0.05) is 6.92 Å². The molecule has 0 saturated carbocycles. The fraction of sp³-hybridized carbons (Fsp3) is 0.211. The molecule has 0 aliphatic heterocycles. The SMILES string of the molecule is CCc1nccc2c(C)c3[nH]c4ccc(OC)cc4c3cc12. The minimum atomic E-state index is 0.882. The number of fused-ring (bicyclic) bond motifs is 4. The molecule has 3 heteroatoms. The summed E-state index contributed by atoms with van der Waals surface area (Å²) in [5, 5.41) is 4.96. The maximum atomic E-state index is 5.38. The highest BCUT2D eigenvalue weighted by Crippen LogP contribution is 2.35. The number of rotatable bonds is 2. The van der Waals surface area contributed by atoms with Crippen LogP contribution in [0, 0.1) is 6.92 Å². The summed E-state index contributed by atoms with van der Waals surface area (Å²) < 4.78 is 5.38. The van der Waals surface area contributed by atoms with Crippen molar-refractivity contribution in [2.75, 3.05) is 7.11 Å². The number of methoxy groups -OCH3 is 1. The molecule has 2 aromatic carbocycles. The van der Waals surface area contributed by atoms with Gasteiger partial charge in [-0.15, -0.1) is 0 Å². The second-order valence-corrected chi connectivity index (χ2v) is 5.67. The summed E-state index contributed by atoms with van der Waals surface area (Å²) in [5.74, 6) is 0.882. The molecular formula is C19H18N2O. The molecule has 2 heterocycles. The molecule has 0 spiro atoms. The van der Waals surface area contributed by atoms with Crippen molar-refractivity contribution in [2.45, 2.75) is 20.3 Å². The van der Waals surface area contributed by atoms with Crippen LogP contribution < -0.4 is 4.74 Å². The second kappa shape index (κ2) is 4.73. The van der Waals surface area contributed by atoms with Gasteiger partial charge in [0.1, 0.15) is 5.75 Å². The Hall–Kier alpha value is -2.55. The van der Waals surface area contributed by atoms with Crippen molar-refractivity contribution < 1.29 is 4.74 Å². The zero-order valence-corrected chi connectivity index (χ0v) is 13.0. The lowest BCUT2D eigenvalue weighted by Crippen LogP contribution is -1.91. The number of benzene rings is 2. The summed E-state index contributed by atoms with van der Waals surface area (Å²) in [5.41, 5.74) is 4.77. The number of hydrogen-bond acceptors (Lipinski definition) is 2. The number of hydrogen-bond donors (Lipinski definition) is 1. The standard InChI is InChI=1S/C19H18N2O/c1-4-17-15-10-16-14-9-12(22-3)5-6-18(14)21-19(16)11(2)13(15)7-8-20-17/h5-10,21H,4H2,1-3H3. The van der Waals surface area contributed by atoms with Gasteiger partial charge in [-0.05, 0) is 54.6 Å². The minimum absolute atomic E-state index is 0.882. The summed E-state index contributed by atoms with van der Waals surface area (Å²) >= 11 is 0. The van der Waals surface area contributed by atoms with Gasteiger partial charge >= 0.3 is 0 Å². The number of aryl methyl sites for hydroxylation is 2. The molecule has 22 heavy (non-hydrogen) atoms. The van der Waals surface area contributed by atoms with E-state index in [1.165, 1.54) is 32.6 Å². The number of H-pyrrole nitrogens is 1. The third-order valence-electron chi connectivity index (χ3n) is 4.52. The highest BCUT2D eigenvalue weighted by molar-refractivity contribution is 6.14. The van der Waals surface area contributed by atoms with Gasteiger partial charge in [0.2, 0.25) is 0 Å². The molecule has 0 radical (unpaired) electrons. The third-order valence-corrected chi connectivity index (χ3v) is 4.52. The summed E-state index contributed by atoms with van der Waals surface area (Å²) in [6.07, 6.45) is 2.85. The second-order valence-electron chi connectivity index (χ2n) is 5.67. The molecule has 0 saturated heterocycles. The van der Waals surface area contributed by atoms with Crippen molar-refractivity contribution in [1.29, 1.82) is 0 Å². The molecular weight excluding hydrogens is 272 g/mol. The van der Waals surface area contributed by atoms with E-state index in [9.17, 15) is 0 Å². The number of pyridine rings is 1. The van der Waals surface area contributed by atoms with E-state index in [4.69, 9.17) is 4.74 Å². The van der Waals surface area contributed by atoms with E-state index in [0.29, 0.717) is 0 Å². The minimum Gasteiger partial charge on any atom is -0.497 e. The molecule has 0 unspecified atom stereocenters. The maximum absolute atomic E-state index is 5.38. The fourth-order valence-corrected chi connectivity index (χ4v) is 3.33. The predicted molar refractivity (Wildman–Crippen MR) is 91.8 cm³/mol. The molecule has 3 nitrogen and oxygen atoms in total. The number of nitrogens with zero attached hydrogens (tertiary/aromatic N) is 1. The Morgan fingerprint density at radius 1 is 1.05 bits per heavy atom. The van der Waals surface area contributed by atoms with E-state index in [1.807, 2.05) is 12.3 Å². The van der Waals surface area contributed by atoms with Crippen molar-refractivity contribution in [3.63, 3.8) is 0 Å². The molecule has 0 amide bonds. The van der Waals surface area contributed by atoms with Gasteiger partial charge in [-0.2, -0.15) is 0 Å². The van der Waals surface area contributed by atoms with Crippen LogP contribution in [0.3, 0.4) is 0 Å².